The van der Waals surface area contributed by atoms with Gasteiger partial charge in [-0.3, -0.25) is 0 Å². The summed E-state index contributed by atoms with van der Waals surface area (Å²) in [7, 11) is 7.73. The zero-order valence-electron chi connectivity index (χ0n) is 10.5. The first kappa shape index (κ1) is 11.3. The van der Waals surface area contributed by atoms with Gasteiger partial charge >= 0.3 is 0 Å². The molecule has 1 heterocycles. The average Bonchev–Trinajstić information content (AvgIpc) is 2.81. The molecule has 88 valence electrons. The number of benzene rings is 2. The highest BCUT2D eigenvalue weighted by atomic mass is 15.0. The number of aromatic nitrogens is 2. The molecular weight excluding hydrogens is 221 g/mol. The van der Waals surface area contributed by atoms with Crippen molar-refractivity contribution in [3.05, 3.63) is 36.2 Å². The van der Waals surface area contributed by atoms with Crippen LogP contribution in [0.2, 0.25) is 0 Å². The number of nitrogens with zero attached hydrogens (tertiary/aromatic N) is 1. The molecule has 0 aliphatic rings. The molecule has 0 fully saturated rings. The van der Waals surface area contributed by atoms with Crippen molar-refractivity contribution in [3.8, 4) is 0 Å². The van der Waals surface area contributed by atoms with Crippen LogP contribution in [0.5, 0.6) is 0 Å². The summed E-state index contributed by atoms with van der Waals surface area (Å²) >= 11 is 0. The summed E-state index contributed by atoms with van der Waals surface area (Å²) in [6.45, 7) is 2.08. The Balaban J connectivity index is 2.30. The van der Waals surface area contributed by atoms with E-state index in [0.29, 0.717) is 0 Å². The van der Waals surface area contributed by atoms with Crippen LogP contribution in [-0.2, 0) is 0 Å². The largest absolute Gasteiger partial charge is 0.341 e. The summed E-state index contributed by atoms with van der Waals surface area (Å²) in [5.41, 5.74) is 2.84. The van der Waals surface area contributed by atoms with Gasteiger partial charge in [-0.05, 0) is 25.4 Å². The standard InChI is InChI=1S/C14H14BN3/c1-8(16-2)14-17-12-6-3-9-7-10(15)4-5-11(9)13(12)18-14/h3-8,16H,1-2H3,(H,17,18). The molecule has 4 heteroatoms. The van der Waals surface area contributed by atoms with Crippen molar-refractivity contribution in [2.24, 2.45) is 0 Å². The molecular formula is C14H14BN3. The van der Waals surface area contributed by atoms with Crippen LogP contribution >= 0.6 is 0 Å². The van der Waals surface area contributed by atoms with E-state index in [1.54, 1.807) is 0 Å². The topological polar surface area (TPSA) is 40.7 Å². The first-order chi connectivity index (χ1) is 8.69. The predicted octanol–water partition coefficient (Wildman–Crippen LogP) is 1.79. The predicted molar refractivity (Wildman–Crippen MR) is 76.5 cm³/mol. The van der Waals surface area contributed by atoms with E-state index in [4.69, 9.17) is 7.85 Å². The third-order valence-electron chi connectivity index (χ3n) is 3.35. The van der Waals surface area contributed by atoms with Gasteiger partial charge in [-0.25, -0.2) is 4.98 Å². The zero-order valence-corrected chi connectivity index (χ0v) is 10.5. The summed E-state index contributed by atoms with van der Waals surface area (Å²) in [5, 5.41) is 5.44. The van der Waals surface area contributed by atoms with Gasteiger partial charge in [-0.2, -0.15) is 0 Å². The highest BCUT2D eigenvalue weighted by molar-refractivity contribution is 6.33. The highest BCUT2D eigenvalue weighted by Gasteiger charge is 2.10. The summed E-state index contributed by atoms with van der Waals surface area (Å²) in [6.07, 6.45) is 0. The molecule has 18 heavy (non-hydrogen) atoms. The zero-order chi connectivity index (χ0) is 12.7. The van der Waals surface area contributed by atoms with Crippen LogP contribution in [0.15, 0.2) is 30.3 Å². The number of aromatic amines is 1. The lowest BCUT2D eigenvalue weighted by Gasteiger charge is -2.04. The Labute approximate surface area is 107 Å². The Morgan fingerprint density at radius 3 is 2.89 bits per heavy atom. The van der Waals surface area contributed by atoms with Crippen molar-refractivity contribution in [1.29, 1.82) is 0 Å². The van der Waals surface area contributed by atoms with E-state index in [2.05, 4.69) is 34.3 Å². The molecule has 0 saturated heterocycles. The Hall–Kier alpha value is -1.81. The maximum absolute atomic E-state index is 5.80. The molecule has 0 amide bonds. The van der Waals surface area contributed by atoms with Crippen LogP contribution in [0.25, 0.3) is 21.8 Å². The van der Waals surface area contributed by atoms with Crippen molar-refractivity contribution in [3.63, 3.8) is 0 Å². The van der Waals surface area contributed by atoms with Crippen LogP contribution in [0.3, 0.4) is 0 Å². The minimum absolute atomic E-state index is 0.209. The first-order valence-electron chi connectivity index (χ1n) is 6.04. The van der Waals surface area contributed by atoms with Gasteiger partial charge in [0.15, 0.2) is 0 Å². The summed E-state index contributed by atoms with van der Waals surface area (Å²) in [5.74, 6) is 0.955. The maximum Gasteiger partial charge on any atom is 0.124 e. The lowest BCUT2D eigenvalue weighted by Crippen LogP contribution is -2.13. The van der Waals surface area contributed by atoms with Crippen molar-refractivity contribution in [2.45, 2.75) is 13.0 Å². The smallest absolute Gasteiger partial charge is 0.124 e. The van der Waals surface area contributed by atoms with Crippen molar-refractivity contribution in [1.82, 2.24) is 15.3 Å². The quantitative estimate of drug-likeness (QED) is 0.665. The molecule has 3 aromatic rings. The molecule has 2 aromatic carbocycles. The Morgan fingerprint density at radius 2 is 2.11 bits per heavy atom. The number of nitrogens with one attached hydrogen (secondary N) is 2. The fraction of sp³-hybridized carbons (Fsp3) is 0.214. The van der Waals surface area contributed by atoms with Crippen molar-refractivity contribution in [2.75, 3.05) is 7.05 Å². The van der Waals surface area contributed by atoms with E-state index in [0.717, 1.165) is 33.1 Å². The number of hydrogen-bond acceptors (Lipinski definition) is 2. The second-order valence-electron chi connectivity index (χ2n) is 4.57. The monoisotopic (exact) mass is 235 g/mol. The van der Waals surface area contributed by atoms with Gasteiger partial charge in [-0.1, -0.05) is 29.7 Å². The minimum Gasteiger partial charge on any atom is -0.341 e. The second kappa shape index (κ2) is 4.14. The highest BCUT2D eigenvalue weighted by Crippen LogP contribution is 2.24. The molecule has 3 rings (SSSR count). The lowest BCUT2D eigenvalue weighted by molar-refractivity contribution is 0.620. The molecule has 0 aliphatic heterocycles. The van der Waals surface area contributed by atoms with E-state index in [1.165, 1.54) is 0 Å². The maximum atomic E-state index is 5.80. The molecule has 0 spiro atoms. The molecule has 1 aromatic heterocycles. The van der Waals surface area contributed by atoms with Gasteiger partial charge in [0.2, 0.25) is 0 Å². The molecule has 0 bridgehead atoms. The second-order valence-corrected chi connectivity index (χ2v) is 4.57. The third-order valence-corrected chi connectivity index (χ3v) is 3.35. The van der Waals surface area contributed by atoms with E-state index in [9.17, 15) is 0 Å². The van der Waals surface area contributed by atoms with Crippen LogP contribution in [0.4, 0.5) is 0 Å². The van der Waals surface area contributed by atoms with E-state index < -0.39 is 0 Å². The molecule has 1 atom stereocenters. The van der Waals surface area contributed by atoms with Crippen LogP contribution in [0, 0.1) is 0 Å². The van der Waals surface area contributed by atoms with E-state index in [-0.39, 0.29) is 6.04 Å². The molecule has 2 radical (unpaired) electrons. The average molecular weight is 235 g/mol. The Kier molecular flexibility index (Phi) is 2.60. The van der Waals surface area contributed by atoms with E-state index in [1.807, 2.05) is 25.2 Å². The van der Waals surface area contributed by atoms with Gasteiger partial charge in [0.1, 0.15) is 13.7 Å². The SMILES string of the molecule is [B]c1ccc2c(ccc3[nH]c(C(C)NC)nc32)c1. The summed E-state index contributed by atoms with van der Waals surface area (Å²) in [6, 6.07) is 10.3. The van der Waals surface area contributed by atoms with Gasteiger partial charge in [0, 0.05) is 5.39 Å². The summed E-state index contributed by atoms with van der Waals surface area (Å²) in [4.78, 5) is 8.03. The van der Waals surface area contributed by atoms with Gasteiger partial charge in [-0.15, -0.1) is 0 Å². The van der Waals surface area contributed by atoms with Crippen LogP contribution in [0.1, 0.15) is 18.8 Å². The molecule has 2 N–H and O–H groups in total. The third kappa shape index (κ3) is 1.69. The fourth-order valence-corrected chi connectivity index (χ4v) is 2.18. The Bertz CT molecular complexity index is 717. The van der Waals surface area contributed by atoms with Crippen molar-refractivity contribution < 1.29 is 0 Å². The number of rotatable bonds is 2. The van der Waals surface area contributed by atoms with Gasteiger partial charge in [0.25, 0.3) is 0 Å². The lowest BCUT2D eigenvalue weighted by atomic mass is 9.93. The number of fused-ring (bicyclic) bond motifs is 3. The number of H-pyrrole nitrogens is 1. The van der Waals surface area contributed by atoms with Gasteiger partial charge < -0.3 is 10.3 Å². The first-order valence-corrected chi connectivity index (χ1v) is 6.04. The summed E-state index contributed by atoms with van der Waals surface area (Å²) < 4.78 is 0. The molecule has 0 saturated carbocycles. The molecule has 1 unspecified atom stereocenters. The fourth-order valence-electron chi connectivity index (χ4n) is 2.18. The number of hydrogen-bond donors (Lipinski definition) is 2. The molecule has 0 aliphatic carbocycles. The van der Waals surface area contributed by atoms with Crippen molar-refractivity contribution >= 4 is 35.1 Å². The van der Waals surface area contributed by atoms with Crippen LogP contribution in [-0.4, -0.2) is 24.9 Å². The van der Waals surface area contributed by atoms with Gasteiger partial charge in [0.05, 0.1) is 17.1 Å². The molecule has 3 nitrogen and oxygen atoms in total. The normalized spacial score (nSPS) is 13.2. The van der Waals surface area contributed by atoms with Crippen LogP contribution < -0.4 is 10.8 Å². The Morgan fingerprint density at radius 1 is 1.28 bits per heavy atom. The van der Waals surface area contributed by atoms with E-state index >= 15 is 0 Å². The minimum atomic E-state index is 0.209. The number of imidazole rings is 1.